The molecule has 2 rings (SSSR count). The largest absolute Gasteiger partial charge is 0.315 e. The van der Waals surface area contributed by atoms with E-state index in [1.165, 1.54) is 22.7 Å². The first-order chi connectivity index (χ1) is 8.80. The number of H-pyrrole nitrogens is 1. The summed E-state index contributed by atoms with van der Waals surface area (Å²) in [5, 5.41) is 0. The number of rotatable bonds is 4. The molecule has 0 spiro atoms. The Morgan fingerprint density at radius 3 is 2.53 bits per heavy atom. The number of hydrogen-bond donors (Lipinski definition) is 1. The summed E-state index contributed by atoms with van der Waals surface area (Å²) in [6.07, 6.45) is 0. The van der Waals surface area contributed by atoms with Crippen LogP contribution >= 0.6 is 34.3 Å². The lowest BCUT2D eigenvalue weighted by Gasteiger charge is -2.15. The number of nitrogens with one attached hydrogen (secondary N) is 1. The van der Waals surface area contributed by atoms with Crippen molar-refractivity contribution in [2.45, 2.75) is 17.7 Å². The molecule has 2 aromatic rings. The summed E-state index contributed by atoms with van der Waals surface area (Å²) in [6, 6.07) is 3.51. The number of aryl methyl sites for hydroxylation is 1. The molecule has 0 saturated heterocycles. The smallest absolute Gasteiger partial charge is 0.305 e. The summed E-state index contributed by atoms with van der Waals surface area (Å²) >= 11 is 7.84. The number of halogens is 1. The molecule has 0 bridgehead atoms. The molecule has 0 aromatic carbocycles. The van der Waals surface area contributed by atoms with E-state index in [0.29, 0.717) is 21.4 Å². The topological polar surface area (TPSA) is 70.2 Å². The molecule has 9 heteroatoms. The highest BCUT2D eigenvalue weighted by atomic mass is 35.5. The molecule has 2 aromatic heterocycles. The molecule has 0 radical (unpaired) electrons. The van der Waals surface area contributed by atoms with Crippen LogP contribution in [0, 0.1) is 6.92 Å². The maximum absolute atomic E-state index is 12.3. The van der Waals surface area contributed by atoms with E-state index in [1.54, 1.807) is 19.1 Å². The van der Waals surface area contributed by atoms with Crippen molar-refractivity contribution in [1.29, 1.82) is 0 Å². The average molecular weight is 339 g/mol. The summed E-state index contributed by atoms with van der Waals surface area (Å²) in [5.74, 6) is 0. The van der Waals surface area contributed by atoms with Crippen LogP contribution in [0.15, 0.2) is 21.1 Å². The fourth-order valence-electron chi connectivity index (χ4n) is 1.52. The van der Waals surface area contributed by atoms with Gasteiger partial charge in [-0.05, 0) is 19.1 Å². The Hall–Kier alpha value is -0.670. The van der Waals surface area contributed by atoms with Crippen molar-refractivity contribution in [3.63, 3.8) is 0 Å². The zero-order valence-electron chi connectivity index (χ0n) is 10.1. The van der Waals surface area contributed by atoms with Gasteiger partial charge in [-0.1, -0.05) is 22.9 Å². The van der Waals surface area contributed by atoms with Gasteiger partial charge in [0.25, 0.3) is 10.0 Å². The van der Waals surface area contributed by atoms with E-state index in [2.05, 4.69) is 4.98 Å². The van der Waals surface area contributed by atoms with Crippen LogP contribution in [0.3, 0.4) is 0 Å². The molecule has 0 amide bonds. The van der Waals surface area contributed by atoms with E-state index in [4.69, 9.17) is 11.6 Å². The van der Waals surface area contributed by atoms with Crippen molar-refractivity contribution in [3.8, 4) is 0 Å². The molecule has 0 saturated carbocycles. The van der Waals surface area contributed by atoms with E-state index >= 15 is 0 Å². The predicted molar refractivity (Wildman–Crippen MR) is 77.7 cm³/mol. The van der Waals surface area contributed by atoms with Crippen LogP contribution < -0.4 is 4.87 Å². The van der Waals surface area contributed by atoms with Gasteiger partial charge in [0.05, 0.1) is 4.34 Å². The van der Waals surface area contributed by atoms with E-state index in [-0.39, 0.29) is 15.6 Å². The van der Waals surface area contributed by atoms with E-state index < -0.39 is 10.0 Å². The van der Waals surface area contributed by atoms with Crippen LogP contribution in [0.4, 0.5) is 0 Å². The summed E-state index contributed by atoms with van der Waals surface area (Å²) < 4.78 is 26.5. The van der Waals surface area contributed by atoms with Crippen molar-refractivity contribution in [3.05, 3.63) is 36.7 Å². The third kappa shape index (κ3) is 3.09. The Morgan fingerprint density at radius 1 is 1.37 bits per heavy atom. The number of sulfonamides is 1. The highest BCUT2D eigenvalue weighted by Gasteiger charge is 2.26. The minimum absolute atomic E-state index is 0.0580. The number of aromatic nitrogens is 1. The maximum Gasteiger partial charge on any atom is 0.305 e. The Labute approximate surface area is 123 Å². The minimum Gasteiger partial charge on any atom is -0.315 e. The van der Waals surface area contributed by atoms with Crippen molar-refractivity contribution in [2.24, 2.45) is 0 Å². The lowest BCUT2D eigenvalue weighted by atomic mass is 10.5. The van der Waals surface area contributed by atoms with Gasteiger partial charge in [-0.2, -0.15) is 4.31 Å². The standard InChI is InChI=1S/C10H11ClN2O3S3/c1-6-9(18-10(14)12-6)19(15,16)13(2)5-7-3-4-8(11)17-7/h3-4H,5H2,1-2H3,(H,12,14). The third-order valence-electron chi connectivity index (χ3n) is 2.43. The van der Waals surface area contributed by atoms with E-state index in [0.717, 1.165) is 4.88 Å². The number of thiazole rings is 1. The van der Waals surface area contributed by atoms with Gasteiger partial charge in [-0.3, -0.25) is 4.79 Å². The predicted octanol–water partition coefficient (Wildman–Crippen LogP) is 2.28. The number of hydrogen-bond acceptors (Lipinski definition) is 5. The molecule has 0 aliphatic carbocycles. The SMILES string of the molecule is Cc1[nH]c(=O)sc1S(=O)(=O)N(C)Cc1ccc(Cl)s1. The summed E-state index contributed by atoms with van der Waals surface area (Å²) in [5.41, 5.74) is 0.367. The van der Waals surface area contributed by atoms with Crippen molar-refractivity contribution in [1.82, 2.24) is 9.29 Å². The molecule has 104 valence electrons. The normalized spacial score (nSPS) is 12.2. The van der Waals surface area contributed by atoms with Gasteiger partial charge < -0.3 is 4.98 Å². The summed E-state index contributed by atoms with van der Waals surface area (Å²) in [7, 11) is -2.17. The van der Waals surface area contributed by atoms with Gasteiger partial charge in [0.2, 0.25) is 0 Å². The molecule has 5 nitrogen and oxygen atoms in total. The second-order valence-corrected chi connectivity index (χ2v) is 8.92. The van der Waals surface area contributed by atoms with Crippen LogP contribution in [0.5, 0.6) is 0 Å². The highest BCUT2D eigenvalue weighted by molar-refractivity contribution is 7.91. The molecule has 0 fully saturated rings. The Bertz CT molecular complexity index is 744. The summed E-state index contributed by atoms with van der Waals surface area (Å²) in [6.45, 7) is 1.80. The fourth-order valence-corrected chi connectivity index (χ4v) is 5.38. The second-order valence-electron chi connectivity index (χ2n) is 3.89. The molecule has 2 heterocycles. The lowest BCUT2D eigenvalue weighted by Crippen LogP contribution is -2.26. The molecule has 1 N–H and O–H groups in total. The zero-order valence-corrected chi connectivity index (χ0v) is 13.3. The Morgan fingerprint density at radius 2 is 2.05 bits per heavy atom. The quantitative estimate of drug-likeness (QED) is 0.929. The minimum atomic E-state index is -3.65. The maximum atomic E-state index is 12.3. The van der Waals surface area contributed by atoms with E-state index in [9.17, 15) is 13.2 Å². The molecule has 0 aliphatic heterocycles. The monoisotopic (exact) mass is 338 g/mol. The second kappa shape index (κ2) is 5.37. The van der Waals surface area contributed by atoms with Gasteiger partial charge in [-0.15, -0.1) is 11.3 Å². The third-order valence-corrected chi connectivity index (χ3v) is 7.03. The van der Waals surface area contributed by atoms with Crippen molar-refractivity contribution in [2.75, 3.05) is 7.05 Å². The molecule has 0 unspecified atom stereocenters. The van der Waals surface area contributed by atoms with Crippen molar-refractivity contribution >= 4 is 44.3 Å². The molecular weight excluding hydrogens is 328 g/mol. The Balaban J connectivity index is 2.29. The van der Waals surface area contributed by atoms with Gasteiger partial charge in [0.15, 0.2) is 4.21 Å². The molecule has 0 atom stereocenters. The van der Waals surface area contributed by atoms with Crippen LogP contribution in [-0.4, -0.2) is 24.8 Å². The Kier molecular flexibility index (Phi) is 4.17. The zero-order chi connectivity index (χ0) is 14.2. The number of aromatic amines is 1. The number of thiophene rings is 1. The molecule has 0 aliphatic rings. The average Bonchev–Trinajstić information content (AvgIpc) is 2.85. The van der Waals surface area contributed by atoms with Gasteiger partial charge in [0.1, 0.15) is 0 Å². The first-order valence-electron chi connectivity index (χ1n) is 5.21. The van der Waals surface area contributed by atoms with Crippen LogP contribution in [0.2, 0.25) is 4.34 Å². The number of nitrogens with zero attached hydrogens (tertiary/aromatic N) is 1. The molecular formula is C10H11ClN2O3S3. The van der Waals surface area contributed by atoms with Crippen molar-refractivity contribution < 1.29 is 8.42 Å². The highest BCUT2D eigenvalue weighted by Crippen LogP contribution is 2.26. The van der Waals surface area contributed by atoms with Gasteiger partial charge in [0, 0.05) is 24.2 Å². The van der Waals surface area contributed by atoms with Gasteiger partial charge >= 0.3 is 4.87 Å². The van der Waals surface area contributed by atoms with Crippen LogP contribution in [0.25, 0.3) is 0 Å². The molecule has 19 heavy (non-hydrogen) atoms. The lowest BCUT2D eigenvalue weighted by molar-refractivity contribution is 0.471. The fraction of sp³-hybridized carbons (Fsp3) is 0.300. The van der Waals surface area contributed by atoms with Crippen LogP contribution in [0.1, 0.15) is 10.6 Å². The summed E-state index contributed by atoms with van der Waals surface area (Å²) in [4.78, 5) is 14.2. The van der Waals surface area contributed by atoms with E-state index in [1.807, 2.05) is 0 Å². The van der Waals surface area contributed by atoms with Gasteiger partial charge in [-0.25, -0.2) is 8.42 Å². The first kappa shape index (κ1) is 14.7. The first-order valence-corrected chi connectivity index (χ1v) is 8.66. The van der Waals surface area contributed by atoms with Crippen LogP contribution in [-0.2, 0) is 16.6 Å².